The van der Waals surface area contributed by atoms with Crippen molar-refractivity contribution in [2.75, 3.05) is 6.26 Å². The Hall–Kier alpha value is -4.03. The van der Waals surface area contributed by atoms with Crippen molar-refractivity contribution in [1.29, 1.82) is 0 Å². The Bertz CT molecular complexity index is 1980. The lowest BCUT2D eigenvalue weighted by Crippen LogP contribution is -2.32. The van der Waals surface area contributed by atoms with E-state index in [0.29, 0.717) is 34.6 Å². The second kappa shape index (κ2) is 21.1. The molecule has 1 fully saturated rings. The molecule has 57 heavy (non-hydrogen) atoms. The van der Waals surface area contributed by atoms with Crippen LogP contribution in [0.1, 0.15) is 122 Å². The summed E-state index contributed by atoms with van der Waals surface area (Å²) in [7, 11) is 0. The monoisotopic (exact) mass is 802 g/mol. The van der Waals surface area contributed by atoms with E-state index in [2.05, 4.69) is 74.5 Å². The minimum Gasteiger partial charge on any atom is -0.468 e. The first-order chi connectivity index (χ1) is 27.4. The zero-order chi connectivity index (χ0) is 41.0. The summed E-state index contributed by atoms with van der Waals surface area (Å²) in [5.41, 5.74) is 14.3. The van der Waals surface area contributed by atoms with Crippen LogP contribution in [0.4, 0.5) is 0 Å². The van der Waals surface area contributed by atoms with Crippen LogP contribution in [0.15, 0.2) is 131 Å². The molecule has 2 aromatic heterocycles. The lowest BCUT2D eigenvalue weighted by molar-refractivity contribution is -0.151. The zero-order valence-electron chi connectivity index (χ0n) is 35.1. The molecule has 0 spiro atoms. The van der Waals surface area contributed by atoms with Gasteiger partial charge in [-0.15, -0.1) is 5.73 Å². The van der Waals surface area contributed by atoms with Gasteiger partial charge in [0.05, 0.1) is 5.69 Å². The molecular formula is C50H62N2O3S2. The number of esters is 1. The maximum atomic E-state index is 13.5. The lowest BCUT2D eigenvalue weighted by atomic mass is 9.83. The Labute approximate surface area is 352 Å². The smallest absolute Gasteiger partial charge is 0.333 e. The Kier molecular flexibility index (Phi) is 16.3. The summed E-state index contributed by atoms with van der Waals surface area (Å²) in [4.78, 5) is 22.9. The first-order valence-electron chi connectivity index (χ1n) is 20.8. The summed E-state index contributed by atoms with van der Waals surface area (Å²) in [5, 5.41) is 0. The number of thiocarbonyl (C=S) groups is 1. The number of hydrogen-bond donors (Lipinski definition) is 0. The SMILES string of the molecule is C=C(CC(CC)C(OC(=S)SC)c1ccccn1)C(=O)OC(C)(C)Cc1ccnc(CC(CC)CC(=C)C2=C3CCC(C)CCC3=C=CC3=CC=CCCC3=C2)c1. The quantitative estimate of drug-likeness (QED) is 0.0725. The molecule has 5 nitrogen and oxygen atoms in total. The van der Waals surface area contributed by atoms with Crippen molar-refractivity contribution >= 4 is 34.3 Å². The molecule has 0 amide bonds. The van der Waals surface area contributed by atoms with Gasteiger partial charge in [-0.2, -0.15) is 0 Å². The van der Waals surface area contributed by atoms with Crippen LogP contribution in [0, 0.1) is 17.8 Å². The number of pyridine rings is 2. The molecular weight excluding hydrogens is 741 g/mol. The zero-order valence-corrected chi connectivity index (χ0v) is 36.7. The second-order valence-corrected chi connectivity index (χ2v) is 18.0. The van der Waals surface area contributed by atoms with E-state index in [0.717, 1.165) is 68.3 Å². The molecule has 0 saturated heterocycles. The molecule has 2 heterocycles. The van der Waals surface area contributed by atoms with Crippen molar-refractivity contribution in [1.82, 2.24) is 9.97 Å². The number of rotatable bonds is 16. The highest BCUT2D eigenvalue weighted by Gasteiger charge is 2.31. The predicted octanol–water partition coefficient (Wildman–Crippen LogP) is 13.0. The minimum absolute atomic E-state index is 0.0613. The van der Waals surface area contributed by atoms with Crippen LogP contribution in [0.5, 0.6) is 0 Å². The van der Waals surface area contributed by atoms with Gasteiger partial charge in [0.1, 0.15) is 11.7 Å². The van der Waals surface area contributed by atoms with Crippen LogP contribution in [-0.4, -0.2) is 32.2 Å². The molecule has 0 aromatic carbocycles. The van der Waals surface area contributed by atoms with E-state index in [4.69, 9.17) is 33.3 Å². The average Bonchev–Trinajstić information content (AvgIpc) is 3.52. The summed E-state index contributed by atoms with van der Waals surface area (Å²) < 4.78 is 12.8. The minimum atomic E-state index is -0.758. The number of allylic oxidation sites excluding steroid dienone is 10. The highest BCUT2D eigenvalue weighted by molar-refractivity contribution is 8.22. The molecule has 0 radical (unpaired) electrons. The van der Waals surface area contributed by atoms with Gasteiger partial charge in [0.2, 0.25) is 4.38 Å². The maximum absolute atomic E-state index is 13.5. The van der Waals surface area contributed by atoms with Crippen LogP contribution >= 0.6 is 24.0 Å². The van der Waals surface area contributed by atoms with E-state index in [-0.39, 0.29) is 5.92 Å². The number of carbonyl (C=O) groups excluding carboxylic acids is 1. The van der Waals surface area contributed by atoms with Crippen molar-refractivity contribution in [2.45, 2.75) is 123 Å². The molecule has 5 rings (SSSR count). The van der Waals surface area contributed by atoms with Crippen LogP contribution < -0.4 is 0 Å². The fourth-order valence-corrected chi connectivity index (χ4v) is 8.46. The van der Waals surface area contributed by atoms with Crippen molar-refractivity contribution < 1.29 is 14.3 Å². The lowest BCUT2D eigenvalue weighted by Gasteiger charge is -2.29. The van der Waals surface area contributed by atoms with Crippen LogP contribution in [0.25, 0.3) is 0 Å². The normalized spacial score (nSPS) is 18.5. The van der Waals surface area contributed by atoms with Gasteiger partial charge < -0.3 is 9.47 Å². The molecule has 0 bridgehead atoms. The highest BCUT2D eigenvalue weighted by Crippen LogP contribution is 2.40. The third-order valence-electron chi connectivity index (χ3n) is 11.5. The molecule has 1 saturated carbocycles. The molecule has 4 atom stereocenters. The number of thioether (sulfide) groups is 1. The topological polar surface area (TPSA) is 61.3 Å². The molecule has 3 aliphatic carbocycles. The fourth-order valence-electron chi connectivity index (χ4n) is 8.16. The fraction of sp³-hybridized carbons (Fsp3) is 0.460. The summed E-state index contributed by atoms with van der Waals surface area (Å²) in [5.74, 6) is 0.634. The van der Waals surface area contributed by atoms with Gasteiger partial charge in [-0.05, 0) is 178 Å². The van der Waals surface area contributed by atoms with Gasteiger partial charge in [0, 0.05) is 36.0 Å². The average molecular weight is 803 g/mol. The number of fused-ring (bicyclic) bond motifs is 2. The van der Waals surface area contributed by atoms with Crippen molar-refractivity contribution in [3.63, 3.8) is 0 Å². The first-order valence-corrected chi connectivity index (χ1v) is 22.5. The molecule has 0 aliphatic heterocycles. The van der Waals surface area contributed by atoms with E-state index in [9.17, 15) is 4.79 Å². The number of aromatic nitrogens is 2. The number of carbonyl (C=O) groups is 1. The molecule has 0 N–H and O–H groups in total. The molecule has 2 aromatic rings. The van der Waals surface area contributed by atoms with Gasteiger partial charge >= 0.3 is 5.97 Å². The van der Waals surface area contributed by atoms with Crippen LogP contribution in [0.3, 0.4) is 0 Å². The van der Waals surface area contributed by atoms with Crippen molar-refractivity contribution in [3.05, 3.63) is 148 Å². The largest absolute Gasteiger partial charge is 0.468 e. The molecule has 7 heteroatoms. The van der Waals surface area contributed by atoms with E-state index in [1.807, 2.05) is 50.6 Å². The van der Waals surface area contributed by atoms with E-state index >= 15 is 0 Å². The van der Waals surface area contributed by atoms with Gasteiger partial charge in [-0.1, -0.05) is 82.5 Å². The number of nitrogens with zero attached hydrogens (tertiary/aromatic N) is 2. The molecule has 4 unspecified atom stereocenters. The standard InChI is InChI=1S/C50H62N2O3S2/c1-9-37(28-35(4)45-32-42-17-13-11-12-16-40(42)22-23-41-21-19-34(3)20-24-44(41)45)30-43-31-38(25-27-51-43)33-50(6,7)55-48(53)36(5)29-39(10-2)47(54-49(56)57-8)46-18-14-15-26-52-46/h11-12,14-16,18,22,25-27,31-32,34,37,39,47H,4-5,9-10,13,17,19-21,24,28-30,33H2,1-3,6-8H3. The highest BCUT2D eigenvalue weighted by atomic mass is 32.2. The Morgan fingerprint density at radius 1 is 1.07 bits per heavy atom. The Morgan fingerprint density at radius 2 is 1.88 bits per heavy atom. The van der Waals surface area contributed by atoms with Crippen molar-refractivity contribution in [3.8, 4) is 0 Å². The summed E-state index contributed by atoms with van der Waals surface area (Å²) >= 11 is 6.80. The molecule has 302 valence electrons. The summed E-state index contributed by atoms with van der Waals surface area (Å²) in [6, 6.07) is 9.95. The summed E-state index contributed by atoms with van der Waals surface area (Å²) in [6.07, 6.45) is 27.6. The number of hydrogen-bond acceptors (Lipinski definition) is 7. The summed E-state index contributed by atoms with van der Waals surface area (Å²) in [6.45, 7) is 19.6. The second-order valence-electron chi connectivity index (χ2n) is 16.6. The third kappa shape index (κ3) is 12.7. The Morgan fingerprint density at radius 3 is 2.61 bits per heavy atom. The molecule has 3 aliphatic rings. The third-order valence-corrected chi connectivity index (χ3v) is 12.6. The van der Waals surface area contributed by atoms with Gasteiger partial charge in [-0.25, -0.2) is 4.79 Å². The van der Waals surface area contributed by atoms with E-state index in [1.165, 1.54) is 58.0 Å². The Balaban J connectivity index is 1.25. The van der Waals surface area contributed by atoms with Crippen molar-refractivity contribution in [2.24, 2.45) is 17.8 Å². The van der Waals surface area contributed by atoms with Crippen LogP contribution in [0.2, 0.25) is 0 Å². The maximum Gasteiger partial charge on any atom is 0.333 e. The predicted molar refractivity (Wildman–Crippen MR) is 242 cm³/mol. The van der Waals surface area contributed by atoms with E-state index in [1.54, 1.807) is 6.20 Å². The number of ether oxygens (including phenoxy) is 2. The van der Waals surface area contributed by atoms with Crippen LogP contribution in [-0.2, 0) is 27.1 Å². The van der Waals surface area contributed by atoms with E-state index < -0.39 is 17.7 Å². The van der Waals surface area contributed by atoms with Gasteiger partial charge in [0.15, 0.2) is 0 Å². The van der Waals surface area contributed by atoms with Gasteiger partial charge in [0.25, 0.3) is 0 Å². The van der Waals surface area contributed by atoms with Gasteiger partial charge in [-0.3, -0.25) is 9.97 Å². The first kappa shape index (κ1) is 44.1.